The maximum atomic E-state index is 13.3. The molecule has 0 fully saturated rings. The van der Waals surface area contributed by atoms with Crippen LogP contribution in [0.3, 0.4) is 0 Å². The van der Waals surface area contributed by atoms with Gasteiger partial charge in [-0.15, -0.1) is 11.3 Å². The van der Waals surface area contributed by atoms with E-state index in [0.717, 1.165) is 17.0 Å². The molecule has 2 aromatic heterocycles. The molecule has 0 aliphatic carbocycles. The number of rotatable bonds is 3. The lowest BCUT2D eigenvalue weighted by atomic mass is 9.97. The van der Waals surface area contributed by atoms with Gasteiger partial charge in [0, 0.05) is 35.5 Å². The Morgan fingerprint density at radius 3 is 2.84 bits per heavy atom. The predicted octanol–water partition coefficient (Wildman–Crippen LogP) is 3.89. The highest BCUT2D eigenvalue weighted by Gasteiger charge is 2.37. The van der Waals surface area contributed by atoms with Crippen LogP contribution in [-0.4, -0.2) is 49.0 Å². The van der Waals surface area contributed by atoms with Crippen LogP contribution in [0.25, 0.3) is 0 Å². The van der Waals surface area contributed by atoms with E-state index < -0.39 is 0 Å². The van der Waals surface area contributed by atoms with Crippen molar-refractivity contribution in [1.29, 1.82) is 0 Å². The first kappa shape index (κ1) is 20.5. The van der Waals surface area contributed by atoms with Crippen LogP contribution in [-0.2, 0) is 26.1 Å². The molecule has 5 rings (SSSR count). The number of hydrogen-bond donors (Lipinski definition) is 0. The first-order chi connectivity index (χ1) is 14.9. The quantitative estimate of drug-likeness (QED) is 0.575. The Kier molecular flexibility index (Phi) is 5.24. The minimum absolute atomic E-state index is 0.0485. The third kappa shape index (κ3) is 3.62. The van der Waals surface area contributed by atoms with E-state index in [1.165, 1.54) is 11.3 Å². The molecule has 2 aliphatic heterocycles. The molecule has 0 spiro atoms. The van der Waals surface area contributed by atoms with Gasteiger partial charge in [0.25, 0.3) is 11.8 Å². The van der Waals surface area contributed by atoms with E-state index >= 15 is 0 Å². The second-order valence-corrected chi connectivity index (χ2v) is 9.35. The summed E-state index contributed by atoms with van der Waals surface area (Å²) >= 11 is 13.6. The first-order valence-electron chi connectivity index (χ1n) is 9.93. The molecule has 2 amide bonds. The molecule has 7 nitrogen and oxygen atoms in total. The summed E-state index contributed by atoms with van der Waals surface area (Å²) in [6.45, 7) is 4.03. The summed E-state index contributed by atoms with van der Waals surface area (Å²) in [5, 5.41) is 7.39. The number of fused-ring (bicyclic) bond motifs is 3. The van der Waals surface area contributed by atoms with Gasteiger partial charge >= 0.3 is 0 Å². The van der Waals surface area contributed by atoms with Crippen molar-refractivity contribution in [3.05, 3.63) is 67.3 Å². The van der Waals surface area contributed by atoms with Crippen LogP contribution < -0.4 is 0 Å². The highest BCUT2D eigenvalue weighted by atomic mass is 35.5. The number of aromatic nitrogens is 3. The van der Waals surface area contributed by atoms with Crippen molar-refractivity contribution in [2.45, 2.75) is 39.0 Å². The SMILES string of the molecule is C[C@@H]1Cc2nn3c(c2CN1C(=O)c1ccc(Cl)c(Cl)c1)C(=O)N(Cc1cscn1)CC3. The Balaban J connectivity index is 1.44. The molecule has 160 valence electrons. The van der Waals surface area contributed by atoms with Crippen molar-refractivity contribution in [2.75, 3.05) is 6.54 Å². The Morgan fingerprint density at radius 2 is 2.10 bits per heavy atom. The summed E-state index contributed by atoms with van der Waals surface area (Å²) < 4.78 is 1.80. The molecule has 0 unspecified atom stereocenters. The topological polar surface area (TPSA) is 71.3 Å². The van der Waals surface area contributed by atoms with Crippen molar-refractivity contribution in [3.63, 3.8) is 0 Å². The molecule has 1 atom stereocenters. The van der Waals surface area contributed by atoms with Crippen LogP contribution in [0.5, 0.6) is 0 Å². The maximum absolute atomic E-state index is 13.3. The van der Waals surface area contributed by atoms with Crippen LogP contribution in [0.2, 0.25) is 10.0 Å². The minimum Gasteiger partial charge on any atom is -0.331 e. The molecule has 10 heteroatoms. The van der Waals surface area contributed by atoms with Crippen LogP contribution >= 0.6 is 34.5 Å². The molecule has 0 N–H and O–H groups in total. The number of amides is 2. The minimum atomic E-state index is -0.140. The van der Waals surface area contributed by atoms with Crippen LogP contribution in [0.1, 0.15) is 44.7 Å². The van der Waals surface area contributed by atoms with Crippen molar-refractivity contribution < 1.29 is 9.59 Å². The fraction of sp³-hybridized carbons (Fsp3) is 0.333. The van der Waals surface area contributed by atoms with E-state index in [1.54, 1.807) is 38.2 Å². The fourth-order valence-electron chi connectivity index (χ4n) is 4.19. The normalized spacial score (nSPS) is 18.2. The Hall–Kier alpha value is -2.42. The monoisotopic (exact) mass is 475 g/mol. The van der Waals surface area contributed by atoms with Crippen molar-refractivity contribution in [1.82, 2.24) is 24.6 Å². The highest BCUT2D eigenvalue weighted by molar-refractivity contribution is 7.07. The lowest BCUT2D eigenvalue weighted by molar-refractivity contribution is 0.0636. The third-order valence-electron chi connectivity index (χ3n) is 5.82. The summed E-state index contributed by atoms with van der Waals surface area (Å²) in [7, 11) is 0. The van der Waals surface area contributed by atoms with Crippen molar-refractivity contribution in [2.24, 2.45) is 0 Å². The Labute approximate surface area is 193 Å². The van der Waals surface area contributed by atoms with Crippen molar-refractivity contribution in [3.8, 4) is 0 Å². The van der Waals surface area contributed by atoms with E-state index in [9.17, 15) is 9.59 Å². The van der Waals surface area contributed by atoms with Crippen LogP contribution in [0.4, 0.5) is 0 Å². The number of halogens is 2. The third-order valence-corrected chi connectivity index (χ3v) is 7.19. The van der Waals surface area contributed by atoms with Gasteiger partial charge in [0.1, 0.15) is 5.69 Å². The van der Waals surface area contributed by atoms with Gasteiger partial charge < -0.3 is 9.80 Å². The predicted molar refractivity (Wildman–Crippen MR) is 119 cm³/mol. The molecule has 0 saturated heterocycles. The first-order valence-corrected chi connectivity index (χ1v) is 11.6. The molecule has 31 heavy (non-hydrogen) atoms. The van der Waals surface area contributed by atoms with E-state index in [-0.39, 0.29) is 17.9 Å². The summed E-state index contributed by atoms with van der Waals surface area (Å²) in [6, 6.07) is 4.83. The van der Waals surface area contributed by atoms with E-state index in [0.29, 0.717) is 53.9 Å². The average Bonchev–Trinajstić information content (AvgIpc) is 3.38. The molecule has 3 aromatic rings. The maximum Gasteiger partial charge on any atom is 0.272 e. The second-order valence-electron chi connectivity index (χ2n) is 7.82. The average molecular weight is 476 g/mol. The van der Waals surface area contributed by atoms with Gasteiger partial charge in [-0.05, 0) is 25.1 Å². The smallest absolute Gasteiger partial charge is 0.272 e. The van der Waals surface area contributed by atoms with Gasteiger partial charge in [-0.1, -0.05) is 23.2 Å². The van der Waals surface area contributed by atoms with E-state index in [4.69, 9.17) is 28.3 Å². The zero-order chi connectivity index (χ0) is 21.7. The highest BCUT2D eigenvalue weighted by Crippen LogP contribution is 2.31. The van der Waals surface area contributed by atoms with Gasteiger partial charge in [-0.3, -0.25) is 14.3 Å². The van der Waals surface area contributed by atoms with Crippen molar-refractivity contribution >= 4 is 46.4 Å². The molecule has 1 aromatic carbocycles. The molecular formula is C21H19Cl2N5O2S. The molecule has 2 aliphatic rings. The zero-order valence-electron chi connectivity index (χ0n) is 16.7. The summed E-state index contributed by atoms with van der Waals surface area (Å²) in [5.74, 6) is -0.205. The molecule has 0 radical (unpaired) electrons. The summed E-state index contributed by atoms with van der Waals surface area (Å²) in [4.78, 5) is 34.4. The van der Waals surface area contributed by atoms with Gasteiger partial charge in [0.2, 0.25) is 0 Å². The summed E-state index contributed by atoms with van der Waals surface area (Å²) in [6.07, 6.45) is 0.599. The summed E-state index contributed by atoms with van der Waals surface area (Å²) in [5.41, 5.74) is 5.43. The molecule has 0 bridgehead atoms. The number of hydrogen-bond acceptors (Lipinski definition) is 5. The number of thiazole rings is 1. The fourth-order valence-corrected chi connectivity index (χ4v) is 5.04. The van der Waals surface area contributed by atoms with E-state index in [2.05, 4.69) is 4.98 Å². The Morgan fingerprint density at radius 1 is 1.26 bits per heavy atom. The zero-order valence-corrected chi connectivity index (χ0v) is 19.0. The molecule has 0 saturated carbocycles. The van der Waals surface area contributed by atoms with Gasteiger partial charge in [0.15, 0.2) is 0 Å². The number of carbonyl (C=O) groups excluding carboxylic acids is 2. The van der Waals surface area contributed by atoms with Gasteiger partial charge in [0.05, 0.1) is 46.6 Å². The number of nitrogens with zero attached hydrogens (tertiary/aromatic N) is 5. The lowest BCUT2D eigenvalue weighted by Crippen LogP contribution is -2.44. The number of benzene rings is 1. The molecular weight excluding hydrogens is 457 g/mol. The largest absolute Gasteiger partial charge is 0.331 e. The molecule has 4 heterocycles. The van der Waals surface area contributed by atoms with Gasteiger partial charge in [-0.25, -0.2) is 4.98 Å². The second kappa shape index (κ2) is 7.93. The standard InChI is InChI=1S/C21H19Cl2N5O2S/c1-12-6-18-15(9-27(12)20(29)13-2-3-16(22)17(23)7-13)19-21(30)26(4-5-28(19)25-18)8-14-10-31-11-24-14/h2-3,7,10-12H,4-6,8-9H2,1H3/t12-/m1/s1. The number of carbonyl (C=O) groups is 2. The van der Waals surface area contributed by atoms with Crippen LogP contribution in [0, 0.1) is 0 Å². The van der Waals surface area contributed by atoms with Crippen LogP contribution in [0.15, 0.2) is 29.1 Å². The Bertz CT molecular complexity index is 1180. The van der Waals surface area contributed by atoms with E-state index in [1.807, 2.05) is 12.3 Å². The van der Waals surface area contributed by atoms with Gasteiger partial charge in [-0.2, -0.15) is 5.10 Å². The lowest BCUT2D eigenvalue weighted by Gasteiger charge is -2.34.